The predicted molar refractivity (Wildman–Crippen MR) is 74.0 cm³/mol. The van der Waals surface area contributed by atoms with Crippen LogP contribution in [0.2, 0.25) is 0 Å². The SMILES string of the molecule is O=C(NCCCC1CC1)c1cc(Br)c(Br)s1. The molecule has 16 heavy (non-hydrogen) atoms. The summed E-state index contributed by atoms with van der Waals surface area (Å²) < 4.78 is 1.91. The molecule has 1 N–H and O–H groups in total. The average molecular weight is 367 g/mol. The first-order valence-corrected chi connectivity index (χ1v) is 7.80. The first-order chi connectivity index (χ1) is 7.66. The fourth-order valence-corrected chi connectivity index (χ4v) is 3.50. The van der Waals surface area contributed by atoms with Gasteiger partial charge in [0.15, 0.2) is 0 Å². The molecule has 0 atom stereocenters. The Labute approximate surface area is 116 Å². The van der Waals surface area contributed by atoms with Crippen molar-refractivity contribution in [2.45, 2.75) is 25.7 Å². The highest BCUT2D eigenvalue weighted by molar-refractivity contribution is 9.13. The van der Waals surface area contributed by atoms with Crippen LogP contribution in [0.25, 0.3) is 0 Å². The van der Waals surface area contributed by atoms with Crippen LogP contribution in [-0.2, 0) is 0 Å². The molecule has 0 unspecified atom stereocenters. The van der Waals surface area contributed by atoms with Gasteiger partial charge in [-0.05, 0) is 56.7 Å². The van der Waals surface area contributed by atoms with E-state index >= 15 is 0 Å². The van der Waals surface area contributed by atoms with E-state index in [1.807, 2.05) is 6.07 Å². The highest BCUT2D eigenvalue weighted by Gasteiger charge is 2.20. The number of amides is 1. The standard InChI is InChI=1S/C11H13Br2NOS/c12-8-6-9(16-10(8)13)11(15)14-5-1-2-7-3-4-7/h6-7H,1-5H2,(H,14,15). The van der Waals surface area contributed by atoms with Gasteiger partial charge in [0, 0.05) is 11.0 Å². The monoisotopic (exact) mass is 365 g/mol. The lowest BCUT2D eigenvalue weighted by atomic mass is 10.2. The smallest absolute Gasteiger partial charge is 0.261 e. The average Bonchev–Trinajstić information content (AvgIpc) is 3.01. The zero-order chi connectivity index (χ0) is 11.5. The number of halogens is 2. The van der Waals surface area contributed by atoms with Crippen LogP contribution >= 0.6 is 43.2 Å². The molecule has 1 fully saturated rings. The molecule has 0 aliphatic heterocycles. The maximum absolute atomic E-state index is 11.7. The van der Waals surface area contributed by atoms with Gasteiger partial charge >= 0.3 is 0 Å². The van der Waals surface area contributed by atoms with Crippen molar-refractivity contribution in [2.75, 3.05) is 6.54 Å². The lowest BCUT2D eigenvalue weighted by Gasteiger charge is -2.02. The van der Waals surface area contributed by atoms with Crippen molar-refractivity contribution < 1.29 is 4.79 Å². The molecule has 2 rings (SSSR count). The summed E-state index contributed by atoms with van der Waals surface area (Å²) >= 11 is 8.22. The fraction of sp³-hybridized carbons (Fsp3) is 0.545. The van der Waals surface area contributed by atoms with Crippen LogP contribution < -0.4 is 5.32 Å². The molecule has 0 saturated heterocycles. The van der Waals surface area contributed by atoms with E-state index in [1.54, 1.807) is 0 Å². The van der Waals surface area contributed by atoms with E-state index in [1.165, 1.54) is 30.6 Å². The van der Waals surface area contributed by atoms with E-state index in [0.29, 0.717) is 0 Å². The van der Waals surface area contributed by atoms with Gasteiger partial charge in [-0.2, -0.15) is 0 Å². The molecular formula is C11H13Br2NOS. The molecule has 1 saturated carbocycles. The lowest BCUT2D eigenvalue weighted by molar-refractivity contribution is 0.0957. The number of carbonyl (C=O) groups is 1. The van der Waals surface area contributed by atoms with Gasteiger partial charge in [-0.15, -0.1) is 11.3 Å². The third kappa shape index (κ3) is 3.57. The van der Waals surface area contributed by atoms with Crippen molar-refractivity contribution in [3.05, 3.63) is 19.2 Å². The highest BCUT2D eigenvalue weighted by Crippen LogP contribution is 2.33. The van der Waals surface area contributed by atoms with Crippen molar-refractivity contribution >= 4 is 49.1 Å². The second-order valence-corrected chi connectivity index (χ2v) is 7.30. The Bertz CT molecular complexity index is 368. The summed E-state index contributed by atoms with van der Waals surface area (Å²) in [6.45, 7) is 0.794. The second kappa shape index (κ2) is 5.65. The molecule has 0 aromatic carbocycles. The summed E-state index contributed by atoms with van der Waals surface area (Å²) in [5, 5.41) is 2.95. The van der Waals surface area contributed by atoms with Crippen LogP contribution in [0.3, 0.4) is 0 Å². The minimum absolute atomic E-state index is 0.0344. The van der Waals surface area contributed by atoms with Crippen LogP contribution in [0.15, 0.2) is 14.3 Å². The number of hydrogen-bond acceptors (Lipinski definition) is 2. The molecule has 2 nitrogen and oxygen atoms in total. The molecule has 0 spiro atoms. The molecule has 1 heterocycles. The summed E-state index contributed by atoms with van der Waals surface area (Å²) in [5.74, 6) is 0.981. The molecule has 0 radical (unpaired) electrons. The maximum Gasteiger partial charge on any atom is 0.261 e. The fourth-order valence-electron chi connectivity index (χ4n) is 1.54. The highest BCUT2D eigenvalue weighted by atomic mass is 79.9. The van der Waals surface area contributed by atoms with E-state index in [4.69, 9.17) is 0 Å². The van der Waals surface area contributed by atoms with Gasteiger partial charge in [0.1, 0.15) is 0 Å². The minimum Gasteiger partial charge on any atom is -0.351 e. The molecule has 1 aliphatic rings. The van der Waals surface area contributed by atoms with Crippen molar-refractivity contribution in [1.29, 1.82) is 0 Å². The quantitative estimate of drug-likeness (QED) is 0.777. The summed E-state index contributed by atoms with van der Waals surface area (Å²) in [6.07, 6.45) is 5.14. The summed E-state index contributed by atoms with van der Waals surface area (Å²) in [4.78, 5) is 12.5. The van der Waals surface area contributed by atoms with Crippen LogP contribution in [0.1, 0.15) is 35.4 Å². The number of hydrogen-bond donors (Lipinski definition) is 1. The topological polar surface area (TPSA) is 29.1 Å². The molecular weight excluding hydrogens is 354 g/mol. The lowest BCUT2D eigenvalue weighted by Crippen LogP contribution is -2.23. The maximum atomic E-state index is 11.7. The zero-order valence-corrected chi connectivity index (χ0v) is 12.8. The van der Waals surface area contributed by atoms with Crippen molar-refractivity contribution in [1.82, 2.24) is 5.32 Å². The Morgan fingerprint density at radius 3 is 2.81 bits per heavy atom. The molecule has 0 bridgehead atoms. The van der Waals surface area contributed by atoms with Crippen molar-refractivity contribution in [2.24, 2.45) is 5.92 Å². The third-order valence-electron chi connectivity index (χ3n) is 2.64. The van der Waals surface area contributed by atoms with E-state index in [0.717, 1.165) is 32.0 Å². The van der Waals surface area contributed by atoms with Gasteiger partial charge in [0.05, 0.1) is 8.66 Å². The summed E-state index contributed by atoms with van der Waals surface area (Å²) in [7, 11) is 0. The molecule has 1 amide bonds. The summed E-state index contributed by atoms with van der Waals surface area (Å²) in [6, 6.07) is 1.85. The second-order valence-electron chi connectivity index (χ2n) is 4.07. The third-order valence-corrected chi connectivity index (χ3v) is 5.90. The van der Waals surface area contributed by atoms with Crippen LogP contribution in [0, 0.1) is 5.92 Å². The van der Waals surface area contributed by atoms with E-state index < -0.39 is 0 Å². The van der Waals surface area contributed by atoms with Gasteiger partial charge in [-0.1, -0.05) is 12.8 Å². The minimum atomic E-state index is 0.0344. The van der Waals surface area contributed by atoms with Gasteiger partial charge in [0.25, 0.3) is 5.91 Å². The first-order valence-electron chi connectivity index (χ1n) is 5.40. The van der Waals surface area contributed by atoms with E-state index in [-0.39, 0.29) is 5.91 Å². The molecule has 1 aromatic heterocycles. The Balaban J connectivity index is 1.73. The van der Waals surface area contributed by atoms with Crippen LogP contribution in [0.4, 0.5) is 0 Å². The van der Waals surface area contributed by atoms with Crippen molar-refractivity contribution in [3.8, 4) is 0 Å². The normalized spacial score (nSPS) is 15.1. The molecule has 5 heteroatoms. The van der Waals surface area contributed by atoms with Gasteiger partial charge in [-0.3, -0.25) is 4.79 Å². The number of nitrogens with one attached hydrogen (secondary N) is 1. The van der Waals surface area contributed by atoms with Gasteiger partial charge < -0.3 is 5.32 Å². The molecule has 1 aromatic rings. The zero-order valence-electron chi connectivity index (χ0n) is 8.76. The Morgan fingerprint density at radius 1 is 1.50 bits per heavy atom. The Kier molecular flexibility index (Phi) is 4.44. The Hall–Kier alpha value is 0.130. The number of thiophene rings is 1. The molecule has 1 aliphatic carbocycles. The van der Waals surface area contributed by atoms with Crippen molar-refractivity contribution in [3.63, 3.8) is 0 Å². The first kappa shape index (κ1) is 12.6. The van der Waals surface area contributed by atoms with E-state index in [2.05, 4.69) is 37.2 Å². The van der Waals surface area contributed by atoms with E-state index in [9.17, 15) is 4.79 Å². The van der Waals surface area contributed by atoms with Gasteiger partial charge in [0.2, 0.25) is 0 Å². The number of carbonyl (C=O) groups excluding carboxylic acids is 1. The van der Waals surface area contributed by atoms with Gasteiger partial charge in [-0.25, -0.2) is 0 Å². The largest absolute Gasteiger partial charge is 0.351 e. The van der Waals surface area contributed by atoms with Crippen LogP contribution in [0.5, 0.6) is 0 Å². The molecule has 88 valence electrons. The Morgan fingerprint density at radius 2 is 2.25 bits per heavy atom. The number of rotatable bonds is 5. The predicted octanol–water partition coefficient (Wildman–Crippen LogP) is 4.19. The van der Waals surface area contributed by atoms with Crippen LogP contribution in [-0.4, -0.2) is 12.5 Å². The summed E-state index contributed by atoms with van der Waals surface area (Å²) in [5.41, 5.74) is 0.